The van der Waals surface area contributed by atoms with Crippen LogP contribution < -0.4 is 0 Å². The topological polar surface area (TPSA) is 53.8 Å². The van der Waals surface area contributed by atoms with Crippen LogP contribution in [0.5, 0.6) is 0 Å². The Balaban J connectivity index is 1.58. The van der Waals surface area contributed by atoms with Gasteiger partial charge in [0.25, 0.3) is 5.91 Å². The summed E-state index contributed by atoms with van der Waals surface area (Å²) in [5.41, 5.74) is 3.09. The summed E-state index contributed by atoms with van der Waals surface area (Å²) in [4.78, 5) is 28.7. The molecule has 1 aliphatic rings. The van der Waals surface area contributed by atoms with E-state index in [1.807, 2.05) is 24.0 Å². The zero-order valence-corrected chi connectivity index (χ0v) is 14.6. The highest BCUT2D eigenvalue weighted by atomic mass is 16.3. The molecule has 0 saturated carbocycles. The molecule has 1 aromatic heterocycles. The van der Waals surface area contributed by atoms with Crippen LogP contribution in [-0.4, -0.2) is 41.2 Å². The van der Waals surface area contributed by atoms with Crippen molar-refractivity contribution in [3.63, 3.8) is 0 Å². The minimum atomic E-state index is -0.0765. The Morgan fingerprint density at radius 1 is 1.16 bits per heavy atom. The van der Waals surface area contributed by atoms with Crippen LogP contribution in [0.25, 0.3) is 0 Å². The smallest absolute Gasteiger partial charge is 0.257 e. The standard InChI is InChI=1S/C20H24N2O3/c1-2-10-21(20(24)18-9-13-25-15-18)12-8-19(23)22-11-7-16-5-3-4-6-17(16)14-22/h3-6,9,13,15H,2,7-8,10-12,14H2,1H3. The zero-order valence-electron chi connectivity index (χ0n) is 14.6. The van der Waals surface area contributed by atoms with Gasteiger partial charge in [0.05, 0.1) is 11.8 Å². The highest BCUT2D eigenvalue weighted by Gasteiger charge is 2.22. The molecule has 1 aromatic carbocycles. The summed E-state index contributed by atoms with van der Waals surface area (Å²) in [7, 11) is 0. The number of rotatable bonds is 6. The molecule has 0 radical (unpaired) electrons. The predicted molar refractivity (Wildman–Crippen MR) is 95.1 cm³/mol. The van der Waals surface area contributed by atoms with Gasteiger partial charge < -0.3 is 14.2 Å². The van der Waals surface area contributed by atoms with Gasteiger partial charge in [-0.2, -0.15) is 0 Å². The Morgan fingerprint density at radius 3 is 2.68 bits per heavy atom. The molecule has 0 bridgehead atoms. The molecular formula is C20H24N2O3. The van der Waals surface area contributed by atoms with Gasteiger partial charge in [0.2, 0.25) is 5.91 Å². The van der Waals surface area contributed by atoms with E-state index >= 15 is 0 Å². The number of carbonyl (C=O) groups is 2. The van der Waals surface area contributed by atoms with Crippen LogP contribution in [0.3, 0.4) is 0 Å². The number of benzene rings is 1. The number of hydrogen-bond acceptors (Lipinski definition) is 3. The van der Waals surface area contributed by atoms with Gasteiger partial charge in [0.15, 0.2) is 0 Å². The molecule has 2 heterocycles. The molecular weight excluding hydrogens is 316 g/mol. The van der Waals surface area contributed by atoms with Gasteiger partial charge in [-0.15, -0.1) is 0 Å². The fraction of sp³-hybridized carbons (Fsp3) is 0.400. The second kappa shape index (κ2) is 8.01. The van der Waals surface area contributed by atoms with E-state index in [-0.39, 0.29) is 11.8 Å². The van der Waals surface area contributed by atoms with Crippen LogP contribution in [0.1, 0.15) is 41.3 Å². The third-order valence-electron chi connectivity index (χ3n) is 4.63. The highest BCUT2D eigenvalue weighted by molar-refractivity contribution is 5.94. The van der Waals surface area contributed by atoms with Crippen molar-refractivity contribution in [1.82, 2.24) is 9.80 Å². The van der Waals surface area contributed by atoms with Gasteiger partial charge in [0, 0.05) is 32.6 Å². The number of hydrogen-bond donors (Lipinski definition) is 0. The largest absolute Gasteiger partial charge is 0.472 e. The molecule has 3 rings (SSSR count). The lowest BCUT2D eigenvalue weighted by Gasteiger charge is -2.30. The zero-order chi connectivity index (χ0) is 17.6. The quantitative estimate of drug-likeness (QED) is 0.812. The van der Waals surface area contributed by atoms with Crippen molar-refractivity contribution in [3.8, 4) is 0 Å². The molecule has 0 aliphatic carbocycles. The van der Waals surface area contributed by atoms with Crippen LogP contribution >= 0.6 is 0 Å². The van der Waals surface area contributed by atoms with Crippen LogP contribution in [0.2, 0.25) is 0 Å². The van der Waals surface area contributed by atoms with Gasteiger partial charge in [0.1, 0.15) is 6.26 Å². The molecule has 132 valence electrons. The lowest BCUT2D eigenvalue weighted by atomic mass is 10.00. The summed E-state index contributed by atoms with van der Waals surface area (Å²) in [5.74, 6) is 0.0305. The van der Waals surface area contributed by atoms with Crippen molar-refractivity contribution < 1.29 is 14.0 Å². The van der Waals surface area contributed by atoms with Crippen molar-refractivity contribution in [2.45, 2.75) is 32.7 Å². The molecule has 0 spiro atoms. The van der Waals surface area contributed by atoms with E-state index in [2.05, 4.69) is 12.1 Å². The summed E-state index contributed by atoms with van der Waals surface area (Å²) in [5, 5.41) is 0. The SMILES string of the molecule is CCCN(CCC(=O)N1CCc2ccccc2C1)C(=O)c1ccoc1. The third-order valence-corrected chi connectivity index (χ3v) is 4.63. The lowest BCUT2D eigenvalue weighted by Crippen LogP contribution is -2.39. The number of fused-ring (bicyclic) bond motifs is 1. The monoisotopic (exact) mass is 340 g/mol. The average molecular weight is 340 g/mol. The Labute approximate surface area is 148 Å². The van der Waals surface area contributed by atoms with Gasteiger partial charge in [-0.3, -0.25) is 9.59 Å². The molecule has 0 N–H and O–H groups in total. The summed E-state index contributed by atoms with van der Waals surface area (Å²) in [6.45, 7) is 4.52. The summed E-state index contributed by atoms with van der Waals surface area (Å²) >= 11 is 0. The van der Waals surface area contributed by atoms with Crippen molar-refractivity contribution in [2.24, 2.45) is 0 Å². The van der Waals surface area contributed by atoms with Gasteiger partial charge in [-0.05, 0) is 30.0 Å². The van der Waals surface area contributed by atoms with Crippen LogP contribution in [-0.2, 0) is 17.8 Å². The molecule has 5 nitrogen and oxygen atoms in total. The van der Waals surface area contributed by atoms with E-state index in [0.717, 1.165) is 19.4 Å². The fourth-order valence-corrected chi connectivity index (χ4v) is 3.25. The Hall–Kier alpha value is -2.56. The molecule has 1 aliphatic heterocycles. The number of nitrogens with zero attached hydrogens (tertiary/aromatic N) is 2. The van der Waals surface area contributed by atoms with E-state index < -0.39 is 0 Å². The molecule has 0 fully saturated rings. The number of furan rings is 1. The maximum atomic E-state index is 12.6. The minimum Gasteiger partial charge on any atom is -0.472 e. The maximum Gasteiger partial charge on any atom is 0.257 e. The first-order valence-corrected chi connectivity index (χ1v) is 8.85. The molecule has 0 saturated heterocycles. The second-order valence-corrected chi connectivity index (χ2v) is 6.39. The van der Waals surface area contributed by atoms with Crippen LogP contribution in [0.4, 0.5) is 0 Å². The summed E-state index contributed by atoms with van der Waals surface area (Å²) < 4.78 is 5.00. The van der Waals surface area contributed by atoms with E-state index in [1.165, 1.54) is 23.7 Å². The van der Waals surface area contributed by atoms with Crippen LogP contribution in [0, 0.1) is 0 Å². The number of amides is 2. The normalized spacial score (nSPS) is 13.4. The van der Waals surface area contributed by atoms with Gasteiger partial charge >= 0.3 is 0 Å². The average Bonchev–Trinajstić information content (AvgIpc) is 3.18. The molecule has 2 amide bonds. The Morgan fingerprint density at radius 2 is 1.96 bits per heavy atom. The van der Waals surface area contributed by atoms with Gasteiger partial charge in [-0.1, -0.05) is 31.2 Å². The van der Waals surface area contributed by atoms with Crippen molar-refractivity contribution in [1.29, 1.82) is 0 Å². The first kappa shape index (κ1) is 17.3. The second-order valence-electron chi connectivity index (χ2n) is 6.39. The van der Waals surface area contributed by atoms with Crippen LogP contribution in [0.15, 0.2) is 47.3 Å². The maximum absolute atomic E-state index is 12.6. The van der Waals surface area contributed by atoms with Gasteiger partial charge in [-0.25, -0.2) is 0 Å². The predicted octanol–water partition coefficient (Wildman–Crippen LogP) is 3.11. The molecule has 2 aromatic rings. The first-order chi connectivity index (χ1) is 12.2. The minimum absolute atomic E-state index is 0.0765. The van der Waals surface area contributed by atoms with E-state index in [4.69, 9.17) is 4.42 Å². The van der Waals surface area contributed by atoms with E-state index in [1.54, 1.807) is 11.0 Å². The third kappa shape index (κ3) is 4.10. The molecule has 25 heavy (non-hydrogen) atoms. The van der Waals surface area contributed by atoms with E-state index in [0.29, 0.717) is 31.6 Å². The van der Waals surface area contributed by atoms with E-state index in [9.17, 15) is 9.59 Å². The number of carbonyl (C=O) groups excluding carboxylic acids is 2. The van der Waals surface area contributed by atoms with Crippen molar-refractivity contribution >= 4 is 11.8 Å². The Kier molecular flexibility index (Phi) is 5.53. The fourth-order valence-electron chi connectivity index (χ4n) is 3.25. The molecule has 0 unspecified atom stereocenters. The highest BCUT2D eigenvalue weighted by Crippen LogP contribution is 2.19. The van der Waals surface area contributed by atoms with Crippen molar-refractivity contribution in [3.05, 3.63) is 59.5 Å². The Bertz CT molecular complexity index is 724. The van der Waals surface area contributed by atoms with Crippen molar-refractivity contribution in [2.75, 3.05) is 19.6 Å². The molecule has 0 atom stereocenters. The lowest BCUT2D eigenvalue weighted by molar-refractivity contribution is -0.132. The summed E-state index contributed by atoms with van der Waals surface area (Å²) in [6.07, 6.45) is 5.05. The molecule has 5 heteroatoms. The summed E-state index contributed by atoms with van der Waals surface area (Å²) in [6, 6.07) is 9.93. The first-order valence-electron chi connectivity index (χ1n) is 8.85.